The molecule has 1 atom stereocenters. The molecule has 2 nitrogen and oxygen atoms in total. The van der Waals surface area contributed by atoms with Crippen molar-refractivity contribution in [2.75, 3.05) is 19.7 Å². The maximum atomic E-state index is 9.70. The lowest BCUT2D eigenvalue weighted by Gasteiger charge is -2.27. The van der Waals surface area contributed by atoms with Gasteiger partial charge in [-0.15, -0.1) is 0 Å². The summed E-state index contributed by atoms with van der Waals surface area (Å²) in [5.41, 5.74) is 4.37. The summed E-state index contributed by atoms with van der Waals surface area (Å²) in [7, 11) is 0. The average Bonchev–Trinajstić information content (AvgIpc) is 2.93. The van der Waals surface area contributed by atoms with Crippen LogP contribution in [0.5, 0.6) is 0 Å². The van der Waals surface area contributed by atoms with Crippen LogP contribution in [0.15, 0.2) is 18.2 Å². The fourth-order valence-corrected chi connectivity index (χ4v) is 3.45. The first-order chi connectivity index (χ1) is 8.88. The molecule has 98 valence electrons. The van der Waals surface area contributed by atoms with Crippen LogP contribution in [0.1, 0.15) is 48.4 Å². The third kappa shape index (κ3) is 2.32. The van der Waals surface area contributed by atoms with Crippen LogP contribution < -0.4 is 0 Å². The van der Waals surface area contributed by atoms with E-state index in [1.165, 1.54) is 55.2 Å². The van der Waals surface area contributed by atoms with Crippen LogP contribution in [0.25, 0.3) is 0 Å². The van der Waals surface area contributed by atoms with E-state index in [0.29, 0.717) is 0 Å². The van der Waals surface area contributed by atoms with Crippen LogP contribution >= 0.6 is 0 Å². The normalized spacial score (nSPS) is 21.8. The zero-order valence-corrected chi connectivity index (χ0v) is 11.1. The van der Waals surface area contributed by atoms with Crippen LogP contribution in [0.2, 0.25) is 0 Å². The molecule has 3 rings (SSSR count). The number of aryl methyl sites for hydroxylation is 2. The third-order valence-electron chi connectivity index (χ3n) is 4.51. The number of aliphatic hydroxyl groups excluding tert-OH is 1. The molecule has 1 saturated heterocycles. The Morgan fingerprint density at radius 3 is 2.44 bits per heavy atom. The number of rotatable bonds is 3. The monoisotopic (exact) mass is 245 g/mol. The minimum atomic E-state index is 0.222. The number of hydrogen-bond donors (Lipinski definition) is 1. The van der Waals surface area contributed by atoms with Gasteiger partial charge >= 0.3 is 0 Å². The Morgan fingerprint density at radius 2 is 1.72 bits per heavy atom. The Hall–Kier alpha value is -0.860. The van der Waals surface area contributed by atoms with E-state index in [4.69, 9.17) is 0 Å². The Bertz CT molecular complexity index is 410. The fraction of sp³-hybridized carbons (Fsp3) is 0.625. The highest BCUT2D eigenvalue weighted by Crippen LogP contribution is 2.29. The first-order valence-corrected chi connectivity index (χ1v) is 7.35. The first-order valence-electron chi connectivity index (χ1n) is 7.35. The Kier molecular flexibility index (Phi) is 3.67. The number of aliphatic hydroxyl groups is 1. The number of likely N-dealkylation sites (tertiary alicyclic amines) is 1. The number of hydrogen-bond acceptors (Lipinski definition) is 2. The van der Waals surface area contributed by atoms with E-state index in [-0.39, 0.29) is 12.6 Å². The van der Waals surface area contributed by atoms with Crippen LogP contribution in [-0.2, 0) is 12.8 Å². The van der Waals surface area contributed by atoms with Crippen molar-refractivity contribution in [3.05, 3.63) is 34.9 Å². The van der Waals surface area contributed by atoms with Gasteiger partial charge in [0.15, 0.2) is 0 Å². The van der Waals surface area contributed by atoms with Gasteiger partial charge in [-0.3, -0.25) is 4.90 Å². The minimum Gasteiger partial charge on any atom is -0.394 e. The van der Waals surface area contributed by atoms with Gasteiger partial charge in [0.05, 0.1) is 12.6 Å². The summed E-state index contributed by atoms with van der Waals surface area (Å²) in [4.78, 5) is 2.44. The van der Waals surface area contributed by atoms with E-state index in [1.54, 1.807) is 0 Å². The van der Waals surface area contributed by atoms with Gasteiger partial charge in [-0.25, -0.2) is 0 Å². The molecule has 1 aliphatic heterocycles. The van der Waals surface area contributed by atoms with Crippen molar-refractivity contribution < 1.29 is 5.11 Å². The zero-order chi connectivity index (χ0) is 12.4. The van der Waals surface area contributed by atoms with Crippen molar-refractivity contribution in [2.24, 2.45) is 0 Å². The highest BCUT2D eigenvalue weighted by atomic mass is 16.3. The number of fused-ring (bicyclic) bond motifs is 1. The van der Waals surface area contributed by atoms with Gasteiger partial charge in [-0.2, -0.15) is 0 Å². The summed E-state index contributed by atoms with van der Waals surface area (Å²) in [5.74, 6) is 0. The summed E-state index contributed by atoms with van der Waals surface area (Å²) in [5, 5.41) is 9.70. The average molecular weight is 245 g/mol. The van der Waals surface area contributed by atoms with E-state index in [1.807, 2.05) is 0 Å². The molecule has 2 aliphatic rings. The van der Waals surface area contributed by atoms with Gasteiger partial charge in [-0.05, 0) is 68.3 Å². The summed E-state index contributed by atoms with van der Waals surface area (Å²) in [6, 6.07) is 7.11. The van der Waals surface area contributed by atoms with Gasteiger partial charge < -0.3 is 5.11 Å². The van der Waals surface area contributed by atoms with Crippen molar-refractivity contribution in [2.45, 2.75) is 44.6 Å². The van der Waals surface area contributed by atoms with E-state index in [2.05, 4.69) is 23.1 Å². The molecule has 2 heteroatoms. The second-order valence-electron chi connectivity index (χ2n) is 5.68. The lowest BCUT2D eigenvalue weighted by atomic mass is 9.89. The molecule has 18 heavy (non-hydrogen) atoms. The Labute approximate surface area is 110 Å². The van der Waals surface area contributed by atoms with Gasteiger partial charge in [0.2, 0.25) is 0 Å². The molecule has 1 heterocycles. The predicted octanol–water partition coefficient (Wildman–Crippen LogP) is 2.69. The molecule has 1 unspecified atom stereocenters. The molecule has 0 saturated carbocycles. The van der Waals surface area contributed by atoms with Gasteiger partial charge in [-0.1, -0.05) is 18.2 Å². The van der Waals surface area contributed by atoms with Crippen molar-refractivity contribution in [3.63, 3.8) is 0 Å². The maximum absolute atomic E-state index is 9.70. The van der Waals surface area contributed by atoms with Crippen molar-refractivity contribution in [1.82, 2.24) is 4.90 Å². The van der Waals surface area contributed by atoms with Crippen molar-refractivity contribution in [3.8, 4) is 0 Å². The second-order valence-corrected chi connectivity index (χ2v) is 5.68. The molecule has 1 aromatic rings. The lowest BCUT2D eigenvalue weighted by Crippen LogP contribution is -2.28. The van der Waals surface area contributed by atoms with Crippen molar-refractivity contribution in [1.29, 1.82) is 0 Å². The van der Waals surface area contributed by atoms with E-state index in [0.717, 1.165) is 13.1 Å². The molecule has 1 N–H and O–H groups in total. The van der Waals surface area contributed by atoms with E-state index < -0.39 is 0 Å². The quantitative estimate of drug-likeness (QED) is 0.885. The molecule has 1 aromatic carbocycles. The molecule has 0 radical (unpaired) electrons. The van der Waals surface area contributed by atoms with Crippen LogP contribution in [-0.4, -0.2) is 29.7 Å². The molecule has 0 amide bonds. The molecule has 1 fully saturated rings. The standard InChI is InChI=1S/C16H23NO/c18-12-16(17-9-3-4-10-17)15-8-7-13-5-1-2-6-14(13)11-15/h7-8,11,16,18H,1-6,9-10,12H2. The molecule has 0 spiro atoms. The molecular weight excluding hydrogens is 222 g/mol. The number of nitrogens with zero attached hydrogens (tertiary/aromatic N) is 1. The maximum Gasteiger partial charge on any atom is 0.0628 e. The van der Waals surface area contributed by atoms with Crippen LogP contribution in [0, 0.1) is 0 Å². The van der Waals surface area contributed by atoms with Gasteiger partial charge in [0.25, 0.3) is 0 Å². The summed E-state index contributed by atoms with van der Waals surface area (Å²) in [6.07, 6.45) is 7.68. The largest absolute Gasteiger partial charge is 0.394 e. The highest BCUT2D eigenvalue weighted by Gasteiger charge is 2.23. The predicted molar refractivity (Wildman–Crippen MR) is 73.7 cm³/mol. The molecule has 1 aliphatic carbocycles. The summed E-state index contributed by atoms with van der Waals surface area (Å²) >= 11 is 0. The SMILES string of the molecule is OCC(c1ccc2c(c1)CCCC2)N1CCCC1. The number of benzene rings is 1. The smallest absolute Gasteiger partial charge is 0.0628 e. The van der Waals surface area contributed by atoms with Crippen LogP contribution in [0.4, 0.5) is 0 Å². The van der Waals surface area contributed by atoms with E-state index >= 15 is 0 Å². The first kappa shape index (κ1) is 12.2. The van der Waals surface area contributed by atoms with Crippen molar-refractivity contribution >= 4 is 0 Å². The third-order valence-corrected chi connectivity index (χ3v) is 4.51. The second kappa shape index (κ2) is 5.41. The van der Waals surface area contributed by atoms with Crippen LogP contribution in [0.3, 0.4) is 0 Å². The summed E-state index contributed by atoms with van der Waals surface area (Å²) < 4.78 is 0. The van der Waals surface area contributed by atoms with E-state index in [9.17, 15) is 5.11 Å². The minimum absolute atomic E-state index is 0.222. The molecular formula is C16H23NO. The lowest BCUT2D eigenvalue weighted by molar-refractivity contribution is 0.147. The molecule has 0 aromatic heterocycles. The topological polar surface area (TPSA) is 23.5 Å². The van der Waals surface area contributed by atoms with Gasteiger partial charge in [0.1, 0.15) is 0 Å². The van der Waals surface area contributed by atoms with Gasteiger partial charge in [0, 0.05) is 0 Å². The highest BCUT2D eigenvalue weighted by molar-refractivity contribution is 5.35. The Balaban J connectivity index is 1.85. The molecule has 0 bridgehead atoms. The zero-order valence-electron chi connectivity index (χ0n) is 11.1. The summed E-state index contributed by atoms with van der Waals surface area (Å²) in [6.45, 7) is 2.53. The fourth-order valence-electron chi connectivity index (χ4n) is 3.45. The Morgan fingerprint density at radius 1 is 1.00 bits per heavy atom.